The highest BCUT2D eigenvalue weighted by atomic mass is 16.5. The molecule has 0 atom stereocenters. The van der Waals surface area contributed by atoms with E-state index in [0.29, 0.717) is 6.54 Å². The maximum Gasteiger partial charge on any atom is 0.204 e. The summed E-state index contributed by atoms with van der Waals surface area (Å²) in [7, 11) is 0. The van der Waals surface area contributed by atoms with Crippen molar-refractivity contribution in [2.45, 2.75) is 27.3 Å². The van der Waals surface area contributed by atoms with Crippen LogP contribution in [0.3, 0.4) is 0 Å². The van der Waals surface area contributed by atoms with Gasteiger partial charge in [-0.05, 0) is 32.9 Å². The van der Waals surface area contributed by atoms with Gasteiger partial charge in [0.1, 0.15) is 5.76 Å². The zero-order valence-electron chi connectivity index (χ0n) is 12.0. The Bertz CT molecular complexity index is 722. The van der Waals surface area contributed by atoms with Gasteiger partial charge in [0, 0.05) is 12.1 Å². The second-order valence-electron chi connectivity index (χ2n) is 4.84. The molecule has 0 fully saturated rings. The van der Waals surface area contributed by atoms with Crippen LogP contribution in [0.2, 0.25) is 0 Å². The summed E-state index contributed by atoms with van der Waals surface area (Å²) >= 11 is 0. The lowest BCUT2D eigenvalue weighted by Gasteiger charge is -2.09. The van der Waals surface area contributed by atoms with E-state index in [4.69, 9.17) is 4.52 Å². The number of aromatic nitrogens is 3. The maximum atomic E-state index is 5.25. The Morgan fingerprint density at radius 3 is 2.75 bits per heavy atom. The van der Waals surface area contributed by atoms with Gasteiger partial charge < -0.3 is 14.4 Å². The molecule has 1 N–H and O–H groups in total. The molecule has 104 valence electrons. The lowest BCUT2D eigenvalue weighted by molar-refractivity contribution is 0.392. The summed E-state index contributed by atoms with van der Waals surface area (Å²) < 4.78 is 7.42. The molecular formula is C15H18N4O. The summed E-state index contributed by atoms with van der Waals surface area (Å²) in [5, 5.41) is 7.34. The summed E-state index contributed by atoms with van der Waals surface area (Å²) in [6, 6.07) is 8.15. The first kappa shape index (κ1) is 12.7. The van der Waals surface area contributed by atoms with Gasteiger partial charge in [0.15, 0.2) is 0 Å². The van der Waals surface area contributed by atoms with Crippen molar-refractivity contribution in [2.24, 2.45) is 0 Å². The van der Waals surface area contributed by atoms with Crippen molar-refractivity contribution in [3.8, 4) is 0 Å². The van der Waals surface area contributed by atoms with Crippen LogP contribution >= 0.6 is 0 Å². The van der Waals surface area contributed by atoms with E-state index in [1.807, 2.05) is 32.0 Å². The number of para-hydroxylation sites is 2. The first-order chi connectivity index (χ1) is 9.70. The largest absolute Gasteiger partial charge is 0.361 e. The Morgan fingerprint density at radius 2 is 2.05 bits per heavy atom. The predicted molar refractivity (Wildman–Crippen MR) is 79.0 cm³/mol. The number of nitrogens with one attached hydrogen (secondary N) is 1. The van der Waals surface area contributed by atoms with Crippen LogP contribution in [-0.4, -0.2) is 21.3 Å². The third-order valence-corrected chi connectivity index (χ3v) is 3.49. The molecule has 20 heavy (non-hydrogen) atoms. The molecule has 5 heteroatoms. The first-order valence-corrected chi connectivity index (χ1v) is 6.81. The van der Waals surface area contributed by atoms with Gasteiger partial charge in [-0.1, -0.05) is 17.3 Å². The summed E-state index contributed by atoms with van der Waals surface area (Å²) in [5.41, 5.74) is 4.16. The number of nitrogens with zero attached hydrogens (tertiary/aromatic N) is 3. The van der Waals surface area contributed by atoms with Crippen LogP contribution in [0, 0.1) is 13.8 Å². The number of benzene rings is 1. The zero-order chi connectivity index (χ0) is 14.1. The number of fused-ring (bicyclic) bond motifs is 1. The Kier molecular flexibility index (Phi) is 3.18. The molecule has 0 aliphatic carbocycles. The van der Waals surface area contributed by atoms with Gasteiger partial charge in [-0.3, -0.25) is 0 Å². The zero-order valence-corrected chi connectivity index (χ0v) is 12.0. The number of rotatable bonds is 4. The highest BCUT2D eigenvalue weighted by Crippen LogP contribution is 2.23. The predicted octanol–water partition coefficient (Wildman–Crippen LogP) is 3.12. The van der Waals surface area contributed by atoms with Gasteiger partial charge in [0.2, 0.25) is 5.95 Å². The SMILES string of the molecule is CCNc1nc2ccccc2n1Cc1c(C)noc1C. The van der Waals surface area contributed by atoms with Gasteiger partial charge in [0.25, 0.3) is 0 Å². The molecule has 0 saturated heterocycles. The molecule has 5 nitrogen and oxygen atoms in total. The Labute approximate surface area is 117 Å². The van der Waals surface area contributed by atoms with Crippen molar-refractivity contribution < 1.29 is 4.52 Å². The second kappa shape index (κ2) is 5.00. The normalized spacial score (nSPS) is 11.2. The molecular weight excluding hydrogens is 252 g/mol. The highest BCUT2D eigenvalue weighted by molar-refractivity contribution is 5.78. The van der Waals surface area contributed by atoms with Crippen molar-refractivity contribution in [2.75, 3.05) is 11.9 Å². The third kappa shape index (κ3) is 2.05. The van der Waals surface area contributed by atoms with Crippen LogP contribution in [0.1, 0.15) is 23.9 Å². The second-order valence-corrected chi connectivity index (χ2v) is 4.84. The smallest absolute Gasteiger partial charge is 0.204 e. The topological polar surface area (TPSA) is 55.9 Å². The molecule has 2 aromatic heterocycles. The lowest BCUT2D eigenvalue weighted by atomic mass is 10.2. The molecule has 0 saturated carbocycles. The Hall–Kier alpha value is -2.30. The summed E-state index contributed by atoms with van der Waals surface area (Å²) in [6.45, 7) is 7.54. The molecule has 0 radical (unpaired) electrons. The molecule has 0 amide bonds. The van der Waals surface area contributed by atoms with Crippen molar-refractivity contribution in [3.05, 3.63) is 41.3 Å². The average Bonchev–Trinajstić information content (AvgIpc) is 2.95. The van der Waals surface area contributed by atoms with E-state index in [1.54, 1.807) is 0 Å². The fourth-order valence-electron chi connectivity index (χ4n) is 2.41. The van der Waals surface area contributed by atoms with Crippen molar-refractivity contribution in [1.82, 2.24) is 14.7 Å². The van der Waals surface area contributed by atoms with Gasteiger partial charge in [-0.25, -0.2) is 4.98 Å². The number of anilines is 1. The lowest BCUT2D eigenvalue weighted by Crippen LogP contribution is -2.08. The van der Waals surface area contributed by atoms with Crippen molar-refractivity contribution >= 4 is 17.0 Å². The number of hydrogen-bond donors (Lipinski definition) is 1. The van der Waals surface area contributed by atoms with Crippen molar-refractivity contribution in [1.29, 1.82) is 0 Å². The van der Waals surface area contributed by atoms with Crippen LogP contribution in [0.4, 0.5) is 5.95 Å². The maximum absolute atomic E-state index is 5.25. The fourth-order valence-corrected chi connectivity index (χ4v) is 2.41. The number of aryl methyl sites for hydroxylation is 2. The van der Waals surface area contributed by atoms with Gasteiger partial charge in [-0.2, -0.15) is 0 Å². The fraction of sp³-hybridized carbons (Fsp3) is 0.333. The highest BCUT2D eigenvalue weighted by Gasteiger charge is 2.15. The molecule has 3 aromatic rings. The van der Waals surface area contributed by atoms with Crippen LogP contribution in [0.5, 0.6) is 0 Å². The van der Waals surface area contributed by atoms with Crippen LogP contribution in [0.15, 0.2) is 28.8 Å². The number of hydrogen-bond acceptors (Lipinski definition) is 4. The molecule has 3 rings (SSSR count). The molecule has 0 aliphatic heterocycles. The van der Waals surface area contributed by atoms with E-state index in [0.717, 1.165) is 40.5 Å². The van der Waals surface area contributed by atoms with E-state index in [1.165, 1.54) is 0 Å². The van der Waals surface area contributed by atoms with Crippen LogP contribution in [-0.2, 0) is 6.54 Å². The van der Waals surface area contributed by atoms with E-state index in [9.17, 15) is 0 Å². The minimum Gasteiger partial charge on any atom is -0.361 e. The molecule has 0 bridgehead atoms. The first-order valence-electron chi connectivity index (χ1n) is 6.81. The molecule has 1 aromatic carbocycles. The third-order valence-electron chi connectivity index (χ3n) is 3.49. The molecule has 0 spiro atoms. The van der Waals surface area contributed by atoms with Crippen molar-refractivity contribution in [3.63, 3.8) is 0 Å². The minimum atomic E-state index is 0.712. The minimum absolute atomic E-state index is 0.712. The summed E-state index contributed by atoms with van der Waals surface area (Å²) in [4.78, 5) is 4.64. The van der Waals surface area contributed by atoms with Gasteiger partial charge in [-0.15, -0.1) is 0 Å². The quantitative estimate of drug-likeness (QED) is 0.791. The van der Waals surface area contributed by atoms with Crippen LogP contribution < -0.4 is 5.32 Å². The Balaban J connectivity index is 2.11. The Morgan fingerprint density at radius 1 is 1.25 bits per heavy atom. The van der Waals surface area contributed by atoms with Gasteiger partial charge in [0.05, 0.1) is 23.3 Å². The van der Waals surface area contributed by atoms with Gasteiger partial charge >= 0.3 is 0 Å². The standard InChI is InChI=1S/C15H18N4O/c1-4-16-15-17-13-7-5-6-8-14(13)19(15)9-12-10(2)18-20-11(12)3/h5-8H,4,9H2,1-3H3,(H,16,17). The summed E-state index contributed by atoms with van der Waals surface area (Å²) in [5.74, 6) is 1.75. The molecule has 0 aliphatic rings. The average molecular weight is 270 g/mol. The summed E-state index contributed by atoms with van der Waals surface area (Å²) in [6.07, 6.45) is 0. The van der Waals surface area contributed by atoms with E-state index in [2.05, 4.69) is 33.0 Å². The molecule has 0 unspecified atom stereocenters. The van der Waals surface area contributed by atoms with E-state index >= 15 is 0 Å². The van der Waals surface area contributed by atoms with E-state index in [-0.39, 0.29) is 0 Å². The van der Waals surface area contributed by atoms with Crippen LogP contribution in [0.25, 0.3) is 11.0 Å². The monoisotopic (exact) mass is 270 g/mol. The van der Waals surface area contributed by atoms with E-state index < -0.39 is 0 Å². The number of imidazole rings is 1. The molecule has 2 heterocycles.